The topological polar surface area (TPSA) is 32.3 Å². The maximum atomic E-state index is 9.50. The summed E-state index contributed by atoms with van der Waals surface area (Å²) < 4.78 is 0. The van der Waals surface area contributed by atoms with Crippen molar-refractivity contribution in [1.29, 1.82) is 0 Å². The molecule has 1 aromatic carbocycles. The van der Waals surface area contributed by atoms with Gasteiger partial charge in [-0.3, -0.25) is 0 Å². The Labute approximate surface area is 115 Å². The van der Waals surface area contributed by atoms with Crippen molar-refractivity contribution in [3.05, 3.63) is 35.4 Å². The molecule has 0 radical (unpaired) electrons. The fourth-order valence-corrected chi connectivity index (χ4v) is 3.17. The molecule has 18 heavy (non-hydrogen) atoms. The molecule has 0 amide bonds. The Morgan fingerprint density at radius 3 is 2.67 bits per heavy atom. The van der Waals surface area contributed by atoms with Crippen LogP contribution in [0.15, 0.2) is 24.3 Å². The Kier molecular flexibility index (Phi) is 6.19. The van der Waals surface area contributed by atoms with Crippen LogP contribution in [0.25, 0.3) is 0 Å². The summed E-state index contributed by atoms with van der Waals surface area (Å²) in [6, 6.07) is 8.99. The lowest BCUT2D eigenvalue weighted by Crippen LogP contribution is -2.51. The summed E-state index contributed by atoms with van der Waals surface area (Å²) in [4.78, 5) is 0. The highest BCUT2D eigenvalue weighted by Gasteiger charge is 2.23. The maximum absolute atomic E-state index is 9.50. The highest BCUT2D eigenvalue weighted by molar-refractivity contribution is 7.98. The number of benzene rings is 1. The summed E-state index contributed by atoms with van der Waals surface area (Å²) in [5.41, 5.74) is 2.46. The summed E-state index contributed by atoms with van der Waals surface area (Å²) in [5.74, 6) is 1.91. The lowest BCUT2D eigenvalue weighted by atomic mass is 10.1. The summed E-state index contributed by atoms with van der Waals surface area (Å²) in [7, 11) is 0. The zero-order valence-electron chi connectivity index (χ0n) is 11.9. The van der Waals surface area contributed by atoms with E-state index in [0.717, 1.165) is 11.5 Å². The molecule has 0 aliphatic rings. The fourth-order valence-electron chi connectivity index (χ4n) is 2.03. The normalized spacial score (nSPS) is 14.8. The van der Waals surface area contributed by atoms with E-state index in [2.05, 4.69) is 57.3 Å². The minimum absolute atomic E-state index is 0.173. The lowest BCUT2D eigenvalue weighted by molar-refractivity contribution is 0.183. The molecule has 3 heteroatoms. The molecule has 2 N–H and O–H groups in total. The predicted molar refractivity (Wildman–Crippen MR) is 81.1 cm³/mol. The predicted octanol–water partition coefficient (Wildman–Crippen LogP) is 2.98. The first-order valence-electron chi connectivity index (χ1n) is 6.47. The van der Waals surface area contributed by atoms with E-state index >= 15 is 0 Å². The standard InChI is InChI=1S/C15H25NOS/c1-12(2)16-15(4,10-17)11-18-9-14-7-5-6-13(3)8-14/h5-8,12,16-17H,9-11H2,1-4H3. The SMILES string of the molecule is Cc1cccc(CSCC(C)(CO)NC(C)C)c1. The van der Waals surface area contributed by atoms with E-state index in [1.165, 1.54) is 11.1 Å². The highest BCUT2D eigenvalue weighted by Crippen LogP contribution is 2.19. The molecule has 1 rings (SSSR count). The number of aryl methyl sites for hydroxylation is 1. The van der Waals surface area contributed by atoms with Crippen LogP contribution in [0.3, 0.4) is 0 Å². The molecule has 0 spiro atoms. The molecule has 102 valence electrons. The zero-order valence-corrected chi connectivity index (χ0v) is 12.7. The van der Waals surface area contributed by atoms with Gasteiger partial charge in [-0.15, -0.1) is 0 Å². The Bertz CT molecular complexity index is 367. The molecule has 0 fully saturated rings. The Morgan fingerprint density at radius 2 is 2.11 bits per heavy atom. The van der Waals surface area contributed by atoms with Gasteiger partial charge in [0.05, 0.1) is 6.61 Å². The number of hydrogen-bond acceptors (Lipinski definition) is 3. The van der Waals surface area contributed by atoms with Crippen molar-refractivity contribution in [2.75, 3.05) is 12.4 Å². The molecule has 1 unspecified atom stereocenters. The first-order chi connectivity index (χ1) is 8.45. The number of thioether (sulfide) groups is 1. The second kappa shape index (κ2) is 7.17. The molecule has 0 saturated heterocycles. The van der Waals surface area contributed by atoms with Crippen molar-refractivity contribution < 1.29 is 5.11 Å². The number of aliphatic hydroxyl groups is 1. The van der Waals surface area contributed by atoms with Crippen LogP contribution in [-0.2, 0) is 5.75 Å². The number of nitrogens with one attached hydrogen (secondary N) is 1. The molecule has 2 nitrogen and oxygen atoms in total. The minimum atomic E-state index is -0.192. The van der Waals surface area contributed by atoms with E-state index in [1.807, 2.05) is 11.8 Å². The summed E-state index contributed by atoms with van der Waals surface area (Å²) in [6.45, 7) is 8.59. The molecule has 0 saturated carbocycles. The Hall–Kier alpha value is -0.510. The van der Waals surface area contributed by atoms with E-state index in [9.17, 15) is 5.11 Å². The molecule has 0 aromatic heterocycles. The molecule has 1 aromatic rings. The van der Waals surface area contributed by atoms with E-state index in [4.69, 9.17) is 0 Å². The molecule has 0 aliphatic heterocycles. The van der Waals surface area contributed by atoms with Crippen molar-refractivity contribution in [2.24, 2.45) is 0 Å². The van der Waals surface area contributed by atoms with Crippen LogP contribution in [0.4, 0.5) is 0 Å². The fraction of sp³-hybridized carbons (Fsp3) is 0.600. The minimum Gasteiger partial charge on any atom is -0.394 e. The van der Waals surface area contributed by atoms with Gasteiger partial charge in [0.25, 0.3) is 0 Å². The Morgan fingerprint density at radius 1 is 1.39 bits per heavy atom. The van der Waals surface area contributed by atoms with Crippen molar-refractivity contribution in [1.82, 2.24) is 5.32 Å². The van der Waals surface area contributed by atoms with E-state index in [0.29, 0.717) is 6.04 Å². The third kappa shape index (κ3) is 5.42. The van der Waals surface area contributed by atoms with Crippen LogP contribution < -0.4 is 5.32 Å². The molecule has 0 heterocycles. The van der Waals surface area contributed by atoms with Crippen LogP contribution in [-0.4, -0.2) is 29.0 Å². The van der Waals surface area contributed by atoms with Crippen LogP contribution >= 0.6 is 11.8 Å². The number of rotatable bonds is 7. The van der Waals surface area contributed by atoms with E-state index in [1.54, 1.807) is 0 Å². The quantitative estimate of drug-likeness (QED) is 0.796. The highest BCUT2D eigenvalue weighted by atomic mass is 32.2. The van der Waals surface area contributed by atoms with Gasteiger partial charge in [-0.2, -0.15) is 11.8 Å². The average Bonchev–Trinajstić information content (AvgIpc) is 2.28. The monoisotopic (exact) mass is 267 g/mol. The van der Waals surface area contributed by atoms with Crippen LogP contribution in [0, 0.1) is 6.92 Å². The van der Waals surface area contributed by atoms with E-state index < -0.39 is 0 Å². The van der Waals surface area contributed by atoms with Gasteiger partial charge in [-0.25, -0.2) is 0 Å². The van der Waals surface area contributed by atoms with Crippen molar-refractivity contribution in [3.8, 4) is 0 Å². The largest absolute Gasteiger partial charge is 0.394 e. The maximum Gasteiger partial charge on any atom is 0.0618 e. The molecular formula is C15H25NOS. The second-order valence-corrected chi connectivity index (χ2v) is 6.49. The van der Waals surface area contributed by atoms with Crippen LogP contribution in [0.5, 0.6) is 0 Å². The number of aliphatic hydroxyl groups excluding tert-OH is 1. The van der Waals surface area contributed by atoms with Gasteiger partial charge in [0.2, 0.25) is 0 Å². The van der Waals surface area contributed by atoms with Crippen LogP contribution in [0.1, 0.15) is 31.9 Å². The molecule has 1 atom stereocenters. The smallest absolute Gasteiger partial charge is 0.0618 e. The number of hydrogen-bond donors (Lipinski definition) is 2. The van der Waals surface area contributed by atoms with Crippen molar-refractivity contribution in [3.63, 3.8) is 0 Å². The average molecular weight is 267 g/mol. The van der Waals surface area contributed by atoms with Crippen molar-refractivity contribution in [2.45, 2.75) is 45.0 Å². The van der Waals surface area contributed by atoms with E-state index in [-0.39, 0.29) is 12.1 Å². The van der Waals surface area contributed by atoms with Crippen LogP contribution in [0.2, 0.25) is 0 Å². The zero-order chi connectivity index (χ0) is 13.6. The van der Waals surface area contributed by atoms with Gasteiger partial charge in [0.15, 0.2) is 0 Å². The van der Waals surface area contributed by atoms with Gasteiger partial charge >= 0.3 is 0 Å². The third-order valence-electron chi connectivity index (χ3n) is 2.76. The summed E-state index contributed by atoms with van der Waals surface area (Å²) >= 11 is 1.87. The molecule has 0 aliphatic carbocycles. The van der Waals surface area contributed by atoms with Gasteiger partial charge in [0, 0.05) is 23.1 Å². The lowest BCUT2D eigenvalue weighted by Gasteiger charge is -2.30. The van der Waals surface area contributed by atoms with Gasteiger partial charge in [0.1, 0.15) is 0 Å². The second-order valence-electron chi connectivity index (χ2n) is 5.50. The first-order valence-corrected chi connectivity index (χ1v) is 7.62. The Balaban J connectivity index is 2.44. The van der Waals surface area contributed by atoms with Gasteiger partial charge < -0.3 is 10.4 Å². The van der Waals surface area contributed by atoms with Gasteiger partial charge in [-0.1, -0.05) is 43.7 Å². The molecular weight excluding hydrogens is 242 g/mol. The summed E-state index contributed by atoms with van der Waals surface area (Å²) in [5, 5.41) is 12.9. The third-order valence-corrected chi connectivity index (χ3v) is 4.14. The molecule has 0 bridgehead atoms. The summed E-state index contributed by atoms with van der Waals surface area (Å²) in [6.07, 6.45) is 0. The van der Waals surface area contributed by atoms with Crippen molar-refractivity contribution >= 4 is 11.8 Å². The first kappa shape index (κ1) is 15.5. The van der Waals surface area contributed by atoms with Gasteiger partial charge in [-0.05, 0) is 19.4 Å².